The number of nitrogens with zero attached hydrogens (tertiary/aromatic N) is 1. The molecule has 0 fully saturated rings. The Morgan fingerprint density at radius 3 is 3.08 bits per heavy atom. The van der Waals surface area contributed by atoms with Crippen LogP contribution in [0.5, 0.6) is 0 Å². The van der Waals surface area contributed by atoms with E-state index >= 15 is 0 Å². The van der Waals surface area contributed by atoms with Gasteiger partial charge in [-0.2, -0.15) is 0 Å². The van der Waals surface area contributed by atoms with Gasteiger partial charge in [-0.3, -0.25) is 4.98 Å². The van der Waals surface area contributed by atoms with Crippen molar-refractivity contribution in [2.75, 3.05) is 11.9 Å². The maximum absolute atomic E-state index is 5.90. The van der Waals surface area contributed by atoms with E-state index in [2.05, 4.69) is 17.2 Å². The summed E-state index contributed by atoms with van der Waals surface area (Å²) in [5, 5.41) is 3.96. The fraction of sp³-hybridized carbons (Fsp3) is 0.444. The summed E-state index contributed by atoms with van der Waals surface area (Å²) in [5.41, 5.74) is 0.924. The molecule has 1 aromatic rings. The number of hydrogen-bond acceptors (Lipinski definition) is 2. The number of anilines is 1. The Kier molecular flexibility index (Phi) is 3.88. The Morgan fingerprint density at radius 2 is 2.42 bits per heavy atom. The van der Waals surface area contributed by atoms with Crippen LogP contribution >= 0.6 is 11.6 Å². The van der Waals surface area contributed by atoms with Gasteiger partial charge in [0.25, 0.3) is 0 Å². The number of aromatic nitrogens is 1. The molecule has 0 aromatic carbocycles. The SMILES string of the molecule is CCCCNc1cnccc1Cl. The molecule has 0 amide bonds. The highest BCUT2D eigenvalue weighted by Gasteiger charge is 1.96. The average molecular weight is 185 g/mol. The van der Waals surface area contributed by atoms with Crippen molar-refractivity contribution in [3.63, 3.8) is 0 Å². The molecule has 0 saturated heterocycles. The molecule has 66 valence electrons. The van der Waals surface area contributed by atoms with Gasteiger partial charge < -0.3 is 5.32 Å². The number of nitrogens with one attached hydrogen (secondary N) is 1. The summed E-state index contributed by atoms with van der Waals surface area (Å²) < 4.78 is 0. The molecule has 0 radical (unpaired) electrons. The van der Waals surface area contributed by atoms with Crippen molar-refractivity contribution in [2.45, 2.75) is 19.8 Å². The van der Waals surface area contributed by atoms with Gasteiger partial charge in [-0.15, -0.1) is 0 Å². The smallest absolute Gasteiger partial charge is 0.0716 e. The molecule has 0 aliphatic carbocycles. The molecular weight excluding hydrogens is 172 g/mol. The van der Waals surface area contributed by atoms with Crippen LogP contribution in [-0.2, 0) is 0 Å². The van der Waals surface area contributed by atoms with Gasteiger partial charge in [0, 0.05) is 12.7 Å². The van der Waals surface area contributed by atoms with Crippen molar-refractivity contribution in [1.82, 2.24) is 4.98 Å². The lowest BCUT2D eigenvalue weighted by Gasteiger charge is -2.05. The van der Waals surface area contributed by atoms with Gasteiger partial charge in [-0.1, -0.05) is 24.9 Å². The van der Waals surface area contributed by atoms with Crippen LogP contribution < -0.4 is 5.32 Å². The van der Waals surface area contributed by atoms with E-state index in [-0.39, 0.29) is 0 Å². The van der Waals surface area contributed by atoms with Crippen molar-refractivity contribution in [3.8, 4) is 0 Å². The first kappa shape index (κ1) is 9.33. The Balaban J connectivity index is 2.46. The second kappa shape index (κ2) is 4.99. The van der Waals surface area contributed by atoms with E-state index in [4.69, 9.17) is 11.6 Å². The maximum atomic E-state index is 5.90. The number of pyridine rings is 1. The minimum absolute atomic E-state index is 0.737. The zero-order chi connectivity index (χ0) is 8.81. The fourth-order valence-corrected chi connectivity index (χ4v) is 1.08. The molecule has 1 N–H and O–H groups in total. The first-order chi connectivity index (χ1) is 5.84. The third-order valence-corrected chi connectivity index (χ3v) is 1.94. The Bertz CT molecular complexity index is 238. The van der Waals surface area contributed by atoms with E-state index in [1.807, 2.05) is 0 Å². The first-order valence-electron chi connectivity index (χ1n) is 4.18. The van der Waals surface area contributed by atoms with Crippen molar-refractivity contribution < 1.29 is 0 Å². The lowest BCUT2D eigenvalue weighted by atomic mass is 10.3. The molecule has 1 heterocycles. The monoisotopic (exact) mass is 184 g/mol. The summed E-state index contributed by atoms with van der Waals surface area (Å²) >= 11 is 5.90. The van der Waals surface area contributed by atoms with E-state index in [1.54, 1.807) is 18.5 Å². The van der Waals surface area contributed by atoms with Gasteiger partial charge in [0.05, 0.1) is 16.9 Å². The zero-order valence-electron chi connectivity index (χ0n) is 7.18. The summed E-state index contributed by atoms with van der Waals surface area (Å²) in [6.45, 7) is 3.12. The zero-order valence-corrected chi connectivity index (χ0v) is 7.93. The van der Waals surface area contributed by atoms with Crippen LogP contribution in [0.15, 0.2) is 18.5 Å². The summed E-state index contributed by atoms with van der Waals surface area (Å²) in [5.74, 6) is 0. The molecule has 0 aliphatic rings. The molecule has 0 unspecified atom stereocenters. The number of hydrogen-bond donors (Lipinski definition) is 1. The molecular formula is C9H13ClN2. The second-order valence-corrected chi connectivity index (χ2v) is 3.04. The highest BCUT2D eigenvalue weighted by Crippen LogP contribution is 2.18. The van der Waals surface area contributed by atoms with E-state index in [1.165, 1.54) is 6.42 Å². The highest BCUT2D eigenvalue weighted by atomic mass is 35.5. The van der Waals surface area contributed by atoms with Crippen LogP contribution in [0.4, 0.5) is 5.69 Å². The van der Waals surface area contributed by atoms with Crippen LogP contribution in [0.3, 0.4) is 0 Å². The number of rotatable bonds is 4. The third kappa shape index (κ3) is 2.70. The van der Waals surface area contributed by atoms with Crippen molar-refractivity contribution in [3.05, 3.63) is 23.5 Å². The summed E-state index contributed by atoms with van der Waals surface area (Å²) in [6, 6.07) is 1.79. The largest absolute Gasteiger partial charge is 0.383 e. The third-order valence-electron chi connectivity index (χ3n) is 1.61. The number of unbranched alkanes of at least 4 members (excludes halogenated alkanes) is 1. The minimum atomic E-state index is 0.737. The molecule has 0 spiro atoms. The van der Waals surface area contributed by atoms with Crippen LogP contribution in [0.1, 0.15) is 19.8 Å². The molecule has 12 heavy (non-hydrogen) atoms. The highest BCUT2D eigenvalue weighted by molar-refractivity contribution is 6.33. The average Bonchev–Trinajstić information content (AvgIpc) is 2.09. The minimum Gasteiger partial charge on any atom is -0.383 e. The topological polar surface area (TPSA) is 24.9 Å². The van der Waals surface area contributed by atoms with E-state index in [9.17, 15) is 0 Å². The normalized spacial score (nSPS) is 9.83. The van der Waals surface area contributed by atoms with Gasteiger partial charge in [0.15, 0.2) is 0 Å². The van der Waals surface area contributed by atoms with E-state index in [0.29, 0.717) is 0 Å². The maximum Gasteiger partial charge on any atom is 0.0716 e. The van der Waals surface area contributed by atoms with Gasteiger partial charge in [-0.25, -0.2) is 0 Å². The first-order valence-corrected chi connectivity index (χ1v) is 4.55. The predicted octanol–water partition coefficient (Wildman–Crippen LogP) is 2.95. The molecule has 0 atom stereocenters. The molecule has 2 nitrogen and oxygen atoms in total. The molecule has 1 rings (SSSR count). The van der Waals surface area contributed by atoms with Crippen molar-refractivity contribution in [1.29, 1.82) is 0 Å². The molecule has 0 bridgehead atoms. The quantitative estimate of drug-likeness (QED) is 0.728. The van der Waals surface area contributed by atoms with Gasteiger partial charge in [0.1, 0.15) is 0 Å². The van der Waals surface area contributed by atoms with Crippen LogP contribution in [0, 0.1) is 0 Å². The van der Waals surface area contributed by atoms with Crippen molar-refractivity contribution in [2.24, 2.45) is 0 Å². The Morgan fingerprint density at radius 1 is 1.58 bits per heavy atom. The van der Waals surface area contributed by atoms with Gasteiger partial charge >= 0.3 is 0 Å². The molecule has 0 saturated carbocycles. The molecule has 3 heteroatoms. The van der Waals surface area contributed by atoms with Crippen LogP contribution in [0.2, 0.25) is 5.02 Å². The van der Waals surface area contributed by atoms with Crippen LogP contribution in [0.25, 0.3) is 0 Å². The standard InChI is InChI=1S/C9H13ClN2/c1-2-3-5-12-9-7-11-6-4-8(9)10/h4,6-7,12H,2-3,5H2,1H3. The van der Waals surface area contributed by atoms with E-state index in [0.717, 1.165) is 23.7 Å². The molecule has 0 aliphatic heterocycles. The number of halogens is 1. The van der Waals surface area contributed by atoms with Crippen LogP contribution in [-0.4, -0.2) is 11.5 Å². The van der Waals surface area contributed by atoms with E-state index < -0.39 is 0 Å². The summed E-state index contributed by atoms with van der Waals surface area (Å²) in [6.07, 6.45) is 5.78. The summed E-state index contributed by atoms with van der Waals surface area (Å²) in [4.78, 5) is 3.98. The lowest BCUT2D eigenvalue weighted by molar-refractivity contribution is 0.834. The lowest BCUT2D eigenvalue weighted by Crippen LogP contribution is -2.01. The Labute approximate surface area is 78.0 Å². The van der Waals surface area contributed by atoms with Gasteiger partial charge in [-0.05, 0) is 12.5 Å². The predicted molar refractivity (Wildman–Crippen MR) is 52.6 cm³/mol. The summed E-state index contributed by atoms with van der Waals surface area (Å²) in [7, 11) is 0. The van der Waals surface area contributed by atoms with Gasteiger partial charge in [0.2, 0.25) is 0 Å². The second-order valence-electron chi connectivity index (χ2n) is 2.64. The van der Waals surface area contributed by atoms with Crippen molar-refractivity contribution >= 4 is 17.3 Å². The molecule has 1 aromatic heterocycles. The Hall–Kier alpha value is -0.760. The fourth-order valence-electron chi connectivity index (χ4n) is 0.907.